The number of esters is 1. The number of nitrogens with zero attached hydrogens (tertiary/aromatic N) is 3. The SMILES string of the molecule is COC(=O)c1cc(C(=O)N(C2CC2)C(C)c2ccccn2)cc([N+](=O)[O-])c1. The van der Waals surface area contributed by atoms with Crippen molar-refractivity contribution in [3.8, 4) is 0 Å². The molecule has 27 heavy (non-hydrogen) atoms. The fourth-order valence-corrected chi connectivity index (χ4v) is 3.00. The minimum atomic E-state index is -0.733. The van der Waals surface area contributed by atoms with Crippen molar-refractivity contribution in [3.63, 3.8) is 0 Å². The summed E-state index contributed by atoms with van der Waals surface area (Å²) < 4.78 is 4.65. The van der Waals surface area contributed by atoms with Gasteiger partial charge < -0.3 is 9.64 Å². The lowest BCUT2D eigenvalue weighted by molar-refractivity contribution is -0.384. The van der Waals surface area contributed by atoms with Gasteiger partial charge in [0.05, 0.1) is 29.3 Å². The molecular weight excluding hydrogens is 350 g/mol. The van der Waals surface area contributed by atoms with Crippen LogP contribution in [0.25, 0.3) is 0 Å². The molecule has 1 aliphatic rings. The molecule has 2 aromatic rings. The van der Waals surface area contributed by atoms with Crippen molar-refractivity contribution in [3.05, 3.63) is 69.5 Å². The molecule has 1 aromatic carbocycles. The highest BCUT2D eigenvalue weighted by molar-refractivity contribution is 5.99. The number of hydrogen-bond donors (Lipinski definition) is 0. The summed E-state index contributed by atoms with van der Waals surface area (Å²) >= 11 is 0. The van der Waals surface area contributed by atoms with Gasteiger partial charge in [0.25, 0.3) is 11.6 Å². The number of carbonyl (C=O) groups excluding carboxylic acids is 2. The molecule has 8 nitrogen and oxygen atoms in total. The second-order valence-electron chi connectivity index (χ2n) is 6.39. The van der Waals surface area contributed by atoms with Gasteiger partial charge in [-0.3, -0.25) is 19.9 Å². The van der Waals surface area contributed by atoms with Gasteiger partial charge in [-0.05, 0) is 38.0 Å². The van der Waals surface area contributed by atoms with Crippen LogP contribution < -0.4 is 0 Å². The van der Waals surface area contributed by atoms with Crippen molar-refractivity contribution >= 4 is 17.6 Å². The van der Waals surface area contributed by atoms with Crippen molar-refractivity contribution in [1.82, 2.24) is 9.88 Å². The van der Waals surface area contributed by atoms with E-state index in [2.05, 4.69) is 9.72 Å². The van der Waals surface area contributed by atoms with Gasteiger partial charge in [-0.15, -0.1) is 0 Å². The van der Waals surface area contributed by atoms with E-state index in [1.807, 2.05) is 19.1 Å². The van der Waals surface area contributed by atoms with Crippen molar-refractivity contribution in [2.45, 2.75) is 31.8 Å². The molecular formula is C19H19N3O5. The third kappa shape index (κ3) is 3.94. The average Bonchev–Trinajstić information content (AvgIpc) is 3.52. The maximum atomic E-state index is 13.2. The summed E-state index contributed by atoms with van der Waals surface area (Å²) in [6.45, 7) is 1.87. The van der Waals surface area contributed by atoms with E-state index < -0.39 is 10.9 Å². The molecule has 1 atom stereocenters. The molecule has 0 N–H and O–H groups in total. The van der Waals surface area contributed by atoms with Crippen LogP contribution in [0.15, 0.2) is 42.6 Å². The fourth-order valence-electron chi connectivity index (χ4n) is 3.00. The summed E-state index contributed by atoms with van der Waals surface area (Å²) in [6.07, 6.45) is 3.38. The topological polar surface area (TPSA) is 103 Å². The number of amides is 1. The van der Waals surface area contributed by atoms with Crippen molar-refractivity contribution in [2.24, 2.45) is 0 Å². The lowest BCUT2D eigenvalue weighted by Gasteiger charge is -2.29. The summed E-state index contributed by atoms with van der Waals surface area (Å²) in [4.78, 5) is 41.7. The Morgan fingerprint density at radius 3 is 2.52 bits per heavy atom. The Balaban J connectivity index is 2.00. The number of non-ortho nitro benzene ring substituents is 1. The average molecular weight is 369 g/mol. The summed E-state index contributed by atoms with van der Waals surface area (Å²) in [5, 5.41) is 11.2. The standard InChI is InChI=1S/C19H19N3O5/c1-12(17-5-3-4-8-20-17)21(15-6-7-15)18(23)13-9-14(19(24)27-2)11-16(10-13)22(25)26/h3-5,8-12,15H,6-7H2,1-2H3. The van der Waals surface area contributed by atoms with E-state index in [0.29, 0.717) is 0 Å². The highest BCUT2D eigenvalue weighted by Gasteiger charge is 2.37. The first kappa shape index (κ1) is 18.5. The molecule has 1 saturated carbocycles. The molecule has 0 spiro atoms. The van der Waals surface area contributed by atoms with Gasteiger partial charge in [0.2, 0.25) is 0 Å². The number of hydrogen-bond acceptors (Lipinski definition) is 6. The molecule has 1 heterocycles. The highest BCUT2D eigenvalue weighted by Crippen LogP contribution is 2.35. The Morgan fingerprint density at radius 1 is 1.26 bits per heavy atom. The van der Waals surface area contributed by atoms with E-state index in [1.165, 1.54) is 19.2 Å². The number of ether oxygens (including phenoxy) is 1. The molecule has 1 aromatic heterocycles. The number of carbonyl (C=O) groups is 2. The van der Waals surface area contributed by atoms with Gasteiger partial charge >= 0.3 is 5.97 Å². The smallest absolute Gasteiger partial charge is 0.338 e. The largest absolute Gasteiger partial charge is 0.465 e. The minimum absolute atomic E-state index is 0.0312. The van der Waals surface area contributed by atoms with Gasteiger partial charge in [0.1, 0.15) is 0 Å². The quantitative estimate of drug-likeness (QED) is 0.440. The third-order valence-electron chi connectivity index (χ3n) is 4.50. The first-order valence-electron chi connectivity index (χ1n) is 8.53. The van der Waals surface area contributed by atoms with E-state index in [0.717, 1.165) is 24.6 Å². The second-order valence-corrected chi connectivity index (χ2v) is 6.39. The first-order valence-corrected chi connectivity index (χ1v) is 8.53. The molecule has 1 fully saturated rings. The van der Waals surface area contributed by atoms with Gasteiger partial charge in [-0.2, -0.15) is 0 Å². The van der Waals surface area contributed by atoms with E-state index in [9.17, 15) is 19.7 Å². The van der Waals surface area contributed by atoms with Crippen LogP contribution >= 0.6 is 0 Å². The number of rotatable bonds is 6. The van der Waals surface area contributed by atoms with Crippen LogP contribution in [-0.4, -0.2) is 39.8 Å². The molecule has 0 bridgehead atoms. The Hall–Kier alpha value is -3.29. The summed E-state index contributed by atoms with van der Waals surface area (Å²) in [6, 6.07) is 8.85. The van der Waals surface area contributed by atoms with Crippen molar-refractivity contribution < 1.29 is 19.2 Å². The molecule has 1 unspecified atom stereocenters. The van der Waals surface area contributed by atoms with Gasteiger partial charge in [0, 0.05) is 29.9 Å². The highest BCUT2D eigenvalue weighted by atomic mass is 16.6. The van der Waals surface area contributed by atoms with E-state index in [1.54, 1.807) is 17.2 Å². The molecule has 0 saturated heterocycles. The zero-order valence-electron chi connectivity index (χ0n) is 15.0. The maximum absolute atomic E-state index is 13.2. The van der Waals surface area contributed by atoms with Crippen LogP contribution in [0.1, 0.15) is 52.2 Å². The van der Waals surface area contributed by atoms with Crippen LogP contribution in [0.4, 0.5) is 5.69 Å². The summed E-state index contributed by atoms with van der Waals surface area (Å²) in [5.41, 5.74) is 0.453. The zero-order chi connectivity index (χ0) is 19.6. The zero-order valence-corrected chi connectivity index (χ0v) is 15.0. The normalized spacial score (nSPS) is 14.3. The molecule has 0 aliphatic heterocycles. The molecule has 1 amide bonds. The molecule has 3 rings (SSSR count). The maximum Gasteiger partial charge on any atom is 0.338 e. The number of nitro groups is 1. The third-order valence-corrected chi connectivity index (χ3v) is 4.50. The predicted molar refractivity (Wildman–Crippen MR) is 96.3 cm³/mol. The molecule has 1 aliphatic carbocycles. The van der Waals surface area contributed by atoms with Gasteiger partial charge in [-0.1, -0.05) is 6.07 Å². The van der Waals surface area contributed by atoms with Gasteiger partial charge in [0.15, 0.2) is 0 Å². The molecule has 140 valence electrons. The number of pyridine rings is 1. The Kier molecular flexibility index (Phi) is 5.16. The number of benzene rings is 1. The van der Waals surface area contributed by atoms with E-state index in [-0.39, 0.29) is 34.8 Å². The lowest BCUT2D eigenvalue weighted by Crippen LogP contribution is -2.36. The number of aromatic nitrogens is 1. The Morgan fingerprint density at radius 2 is 1.96 bits per heavy atom. The molecule has 8 heteroatoms. The van der Waals surface area contributed by atoms with Crippen LogP contribution in [0.3, 0.4) is 0 Å². The minimum Gasteiger partial charge on any atom is -0.465 e. The monoisotopic (exact) mass is 369 g/mol. The summed E-state index contributed by atoms with van der Waals surface area (Å²) in [7, 11) is 1.18. The second kappa shape index (κ2) is 7.53. The van der Waals surface area contributed by atoms with Crippen molar-refractivity contribution in [2.75, 3.05) is 7.11 Å². The molecule has 0 radical (unpaired) electrons. The predicted octanol–water partition coefficient (Wildman–Crippen LogP) is 3.14. The number of nitro benzene ring substituents is 1. The van der Waals surface area contributed by atoms with Crippen LogP contribution in [-0.2, 0) is 4.74 Å². The van der Waals surface area contributed by atoms with E-state index in [4.69, 9.17) is 0 Å². The fraction of sp³-hybridized carbons (Fsp3) is 0.316. The van der Waals surface area contributed by atoms with Crippen LogP contribution in [0, 0.1) is 10.1 Å². The Labute approximate surface area is 155 Å². The van der Waals surface area contributed by atoms with Gasteiger partial charge in [-0.25, -0.2) is 4.79 Å². The van der Waals surface area contributed by atoms with Crippen LogP contribution in [0.5, 0.6) is 0 Å². The summed E-state index contributed by atoms with van der Waals surface area (Å²) in [5.74, 6) is -1.10. The van der Waals surface area contributed by atoms with E-state index >= 15 is 0 Å². The first-order chi connectivity index (χ1) is 12.9. The van der Waals surface area contributed by atoms with Crippen molar-refractivity contribution in [1.29, 1.82) is 0 Å². The lowest BCUT2D eigenvalue weighted by atomic mass is 10.1. The number of methoxy groups -OCH3 is 1. The van der Waals surface area contributed by atoms with Crippen LogP contribution in [0.2, 0.25) is 0 Å². The Bertz CT molecular complexity index is 880.